The molecular formula is C21H30O9. The summed E-state index contributed by atoms with van der Waals surface area (Å²) in [4.78, 5) is 31.7. The number of benzene rings is 1. The van der Waals surface area contributed by atoms with E-state index in [0.717, 1.165) is 0 Å². The molecule has 0 aliphatic heterocycles. The van der Waals surface area contributed by atoms with Crippen LogP contribution >= 0.6 is 0 Å². The molecule has 0 amide bonds. The van der Waals surface area contributed by atoms with Crippen molar-refractivity contribution in [3.05, 3.63) is 18.2 Å². The zero-order valence-corrected chi connectivity index (χ0v) is 17.0. The van der Waals surface area contributed by atoms with Gasteiger partial charge >= 0.3 is 17.9 Å². The van der Waals surface area contributed by atoms with Crippen molar-refractivity contribution in [2.24, 2.45) is 0 Å². The number of carbonyl (C=O) groups is 3. The largest absolute Gasteiger partial charge is 0.493 e. The summed E-state index contributed by atoms with van der Waals surface area (Å²) in [5, 5.41) is 26.0. The van der Waals surface area contributed by atoms with Crippen molar-refractivity contribution in [2.75, 3.05) is 19.8 Å². The van der Waals surface area contributed by atoms with E-state index in [1.165, 1.54) is 0 Å². The van der Waals surface area contributed by atoms with E-state index in [9.17, 15) is 14.4 Å². The van der Waals surface area contributed by atoms with Crippen molar-refractivity contribution >= 4 is 17.9 Å². The third-order valence-corrected chi connectivity index (χ3v) is 4.01. The van der Waals surface area contributed by atoms with Crippen LogP contribution in [-0.4, -0.2) is 53.0 Å². The lowest BCUT2D eigenvalue weighted by molar-refractivity contribution is -0.138. The summed E-state index contributed by atoms with van der Waals surface area (Å²) in [5.74, 6) is -0.956. The first-order valence-electron chi connectivity index (χ1n) is 10.1. The summed E-state index contributed by atoms with van der Waals surface area (Å²) in [7, 11) is 0. The molecule has 0 saturated heterocycles. The van der Waals surface area contributed by atoms with Crippen LogP contribution in [0.2, 0.25) is 0 Å². The lowest BCUT2D eigenvalue weighted by atomic mass is 10.2. The zero-order valence-electron chi connectivity index (χ0n) is 17.0. The molecule has 0 spiro atoms. The Hall–Kier alpha value is -2.97. The van der Waals surface area contributed by atoms with Gasteiger partial charge in [-0.25, -0.2) is 0 Å². The Morgan fingerprint density at radius 3 is 1.03 bits per heavy atom. The van der Waals surface area contributed by atoms with Gasteiger partial charge in [0, 0.05) is 37.5 Å². The maximum atomic E-state index is 10.6. The number of carboxylic acids is 3. The van der Waals surface area contributed by atoms with Gasteiger partial charge in [-0.05, 0) is 38.5 Å². The molecule has 0 aliphatic carbocycles. The predicted molar refractivity (Wildman–Crippen MR) is 107 cm³/mol. The van der Waals surface area contributed by atoms with E-state index in [-0.39, 0.29) is 19.3 Å². The molecule has 0 unspecified atom stereocenters. The van der Waals surface area contributed by atoms with Crippen LogP contribution in [0.25, 0.3) is 0 Å². The van der Waals surface area contributed by atoms with Crippen LogP contribution in [0, 0.1) is 0 Å². The minimum Gasteiger partial charge on any atom is -0.493 e. The molecule has 1 rings (SSSR count). The van der Waals surface area contributed by atoms with Gasteiger partial charge in [-0.2, -0.15) is 0 Å². The number of rotatable bonds is 18. The summed E-state index contributed by atoms with van der Waals surface area (Å²) < 4.78 is 17.0. The number of aliphatic carboxylic acids is 3. The second-order valence-electron chi connectivity index (χ2n) is 6.74. The van der Waals surface area contributed by atoms with E-state index >= 15 is 0 Å². The normalized spacial score (nSPS) is 10.4. The third kappa shape index (κ3) is 13.2. The Morgan fingerprint density at radius 1 is 0.533 bits per heavy atom. The molecule has 0 aliphatic rings. The molecule has 9 heteroatoms. The Balaban J connectivity index is 2.56. The standard InChI is InChI=1S/C21H30O9/c22-19(23)7-1-4-10-28-16-13-17(29-11-5-2-8-20(24)25)15-18(14-16)30-12-6-3-9-21(26)27/h13-15H,1-12H2,(H,22,23)(H,24,25)(H,26,27). The molecule has 0 heterocycles. The Kier molecular flexibility index (Phi) is 12.5. The molecule has 0 bridgehead atoms. The van der Waals surface area contributed by atoms with E-state index < -0.39 is 17.9 Å². The fourth-order valence-electron chi connectivity index (χ4n) is 2.50. The number of ether oxygens (including phenoxy) is 3. The fourth-order valence-corrected chi connectivity index (χ4v) is 2.50. The van der Waals surface area contributed by atoms with Crippen LogP contribution < -0.4 is 14.2 Å². The van der Waals surface area contributed by atoms with Crippen molar-refractivity contribution in [2.45, 2.75) is 57.8 Å². The molecule has 168 valence electrons. The first-order valence-corrected chi connectivity index (χ1v) is 10.1. The van der Waals surface area contributed by atoms with Crippen LogP contribution in [0.4, 0.5) is 0 Å². The smallest absolute Gasteiger partial charge is 0.303 e. The van der Waals surface area contributed by atoms with Gasteiger partial charge < -0.3 is 29.5 Å². The van der Waals surface area contributed by atoms with Gasteiger partial charge in [0.05, 0.1) is 19.8 Å². The Bertz CT molecular complexity index is 570. The summed E-state index contributed by atoms with van der Waals surface area (Å²) in [6, 6.07) is 5.10. The molecule has 0 fully saturated rings. The van der Waals surface area contributed by atoms with Gasteiger partial charge in [0.15, 0.2) is 0 Å². The SMILES string of the molecule is O=C(O)CCCCOc1cc(OCCCCC(=O)O)cc(OCCCCC(=O)O)c1. The van der Waals surface area contributed by atoms with Crippen LogP contribution in [0.3, 0.4) is 0 Å². The molecule has 0 atom stereocenters. The van der Waals surface area contributed by atoms with E-state index in [4.69, 9.17) is 29.5 Å². The van der Waals surface area contributed by atoms with Gasteiger partial charge in [0.1, 0.15) is 17.2 Å². The van der Waals surface area contributed by atoms with E-state index in [1.807, 2.05) is 0 Å². The van der Waals surface area contributed by atoms with Crippen LogP contribution in [0.5, 0.6) is 17.2 Å². The molecule has 30 heavy (non-hydrogen) atoms. The predicted octanol–water partition coefficient (Wildman–Crippen LogP) is 3.59. The average molecular weight is 426 g/mol. The van der Waals surface area contributed by atoms with Gasteiger partial charge in [-0.15, -0.1) is 0 Å². The van der Waals surface area contributed by atoms with Crippen molar-refractivity contribution in [1.29, 1.82) is 0 Å². The quantitative estimate of drug-likeness (QED) is 0.300. The van der Waals surface area contributed by atoms with Gasteiger partial charge in [0.25, 0.3) is 0 Å². The number of unbranched alkanes of at least 4 members (excludes halogenated alkanes) is 3. The number of hydrogen-bond acceptors (Lipinski definition) is 6. The van der Waals surface area contributed by atoms with E-state index in [0.29, 0.717) is 75.6 Å². The van der Waals surface area contributed by atoms with Gasteiger partial charge in [-0.3, -0.25) is 14.4 Å². The summed E-state index contributed by atoms with van der Waals surface area (Å²) in [6.07, 6.45) is 3.61. The molecule has 0 radical (unpaired) electrons. The maximum Gasteiger partial charge on any atom is 0.303 e. The lowest BCUT2D eigenvalue weighted by Gasteiger charge is -2.13. The third-order valence-electron chi connectivity index (χ3n) is 4.01. The Labute approximate surface area is 175 Å². The summed E-state index contributed by atoms with van der Waals surface area (Å²) in [5.41, 5.74) is 0. The first-order chi connectivity index (χ1) is 14.4. The highest BCUT2D eigenvalue weighted by Crippen LogP contribution is 2.28. The van der Waals surface area contributed by atoms with E-state index in [1.54, 1.807) is 18.2 Å². The highest BCUT2D eigenvalue weighted by molar-refractivity contribution is 5.67. The summed E-state index contributed by atoms with van der Waals surface area (Å²) >= 11 is 0. The second-order valence-corrected chi connectivity index (χ2v) is 6.74. The first kappa shape index (κ1) is 25.1. The van der Waals surface area contributed by atoms with Crippen molar-refractivity contribution in [3.63, 3.8) is 0 Å². The van der Waals surface area contributed by atoms with Gasteiger partial charge in [-0.1, -0.05) is 0 Å². The number of hydrogen-bond donors (Lipinski definition) is 3. The molecule has 1 aromatic rings. The van der Waals surface area contributed by atoms with Crippen molar-refractivity contribution < 1.29 is 43.9 Å². The minimum atomic E-state index is -0.841. The second kappa shape index (κ2) is 14.9. The summed E-state index contributed by atoms with van der Waals surface area (Å²) in [6.45, 7) is 1.06. The van der Waals surface area contributed by atoms with E-state index in [2.05, 4.69) is 0 Å². The highest BCUT2D eigenvalue weighted by atomic mass is 16.5. The lowest BCUT2D eigenvalue weighted by Crippen LogP contribution is -2.04. The topological polar surface area (TPSA) is 140 Å². The van der Waals surface area contributed by atoms with Crippen molar-refractivity contribution in [1.82, 2.24) is 0 Å². The molecule has 1 aromatic carbocycles. The Morgan fingerprint density at radius 2 is 0.800 bits per heavy atom. The average Bonchev–Trinajstić information content (AvgIpc) is 2.66. The highest BCUT2D eigenvalue weighted by Gasteiger charge is 2.07. The maximum absolute atomic E-state index is 10.6. The molecule has 0 aromatic heterocycles. The van der Waals surface area contributed by atoms with Crippen LogP contribution in [-0.2, 0) is 14.4 Å². The monoisotopic (exact) mass is 426 g/mol. The molecule has 0 saturated carbocycles. The van der Waals surface area contributed by atoms with Gasteiger partial charge in [0.2, 0.25) is 0 Å². The molecular weight excluding hydrogens is 396 g/mol. The minimum absolute atomic E-state index is 0.0908. The number of carboxylic acid groups (broad SMARTS) is 3. The zero-order chi connectivity index (χ0) is 22.2. The van der Waals surface area contributed by atoms with Crippen molar-refractivity contribution in [3.8, 4) is 17.2 Å². The van der Waals surface area contributed by atoms with Crippen LogP contribution in [0.1, 0.15) is 57.8 Å². The molecule has 9 nitrogen and oxygen atoms in total. The van der Waals surface area contributed by atoms with Crippen LogP contribution in [0.15, 0.2) is 18.2 Å². The fraction of sp³-hybridized carbons (Fsp3) is 0.571. The molecule has 3 N–H and O–H groups in total.